The summed E-state index contributed by atoms with van der Waals surface area (Å²) in [7, 11) is -0.865. The van der Waals surface area contributed by atoms with E-state index in [1.165, 1.54) is 6.07 Å². The molecule has 0 aliphatic carbocycles. The van der Waals surface area contributed by atoms with Crippen LogP contribution in [0.2, 0.25) is 19.6 Å². The average Bonchev–Trinajstić information content (AvgIpc) is 2.14. The fourth-order valence-electron chi connectivity index (χ4n) is 1.25. The van der Waals surface area contributed by atoms with Crippen molar-refractivity contribution in [2.24, 2.45) is 0 Å². The van der Waals surface area contributed by atoms with Gasteiger partial charge in [-0.3, -0.25) is 0 Å². The fraction of sp³-hybridized carbons (Fsp3) is 0.400. The lowest BCUT2D eigenvalue weighted by Crippen LogP contribution is -2.41. The van der Waals surface area contributed by atoms with Crippen LogP contribution in [0, 0.1) is 11.9 Å². The Morgan fingerprint density at radius 3 is 2.31 bits per heavy atom. The van der Waals surface area contributed by atoms with Gasteiger partial charge in [-0.2, -0.15) is 13.8 Å². The van der Waals surface area contributed by atoms with Crippen molar-refractivity contribution in [3.8, 4) is 0 Å². The Balaban J connectivity index is 3.39. The summed E-state index contributed by atoms with van der Waals surface area (Å²) >= 11 is 0. The van der Waals surface area contributed by atoms with Gasteiger partial charge in [0.15, 0.2) is 0 Å². The minimum Gasteiger partial charge on any atom is -0.465 e. The van der Waals surface area contributed by atoms with Crippen LogP contribution in [0.3, 0.4) is 0 Å². The minimum atomic E-state index is -2.00. The number of hydrogen-bond donors (Lipinski definition) is 0. The highest BCUT2D eigenvalue weighted by Crippen LogP contribution is 2.10. The molecule has 0 radical (unpaired) electrons. The molecule has 3 nitrogen and oxygen atoms in total. The van der Waals surface area contributed by atoms with Crippen molar-refractivity contribution in [1.29, 1.82) is 0 Å². The van der Waals surface area contributed by atoms with E-state index in [1.807, 2.05) is 19.6 Å². The molecule has 0 N–H and O–H groups in total. The van der Waals surface area contributed by atoms with Crippen LogP contribution in [-0.4, -0.2) is 26.1 Å². The summed E-state index contributed by atoms with van der Waals surface area (Å²) in [6.07, 6.45) is 0. The van der Waals surface area contributed by atoms with Crippen molar-refractivity contribution in [3.63, 3.8) is 0 Å². The number of halogens is 2. The number of nitrogens with zero attached hydrogens (tertiary/aromatic N) is 1. The minimum absolute atomic E-state index is 0.314. The molecule has 0 saturated heterocycles. The summed E-state index contributed by atoms with van der Waals surface area (Å²) in [5.41, 5.74) is -0.318. The predicted molar refractivity (Wildman–Crippen MR) is 58.5 cm³/mol. The molecule has 0 unspecified atom stereocenters. The van der Waals surface area contributed by atoms with Crippen molar-refractivity contribution in [2.75, 3.05) is 7.11 Å². The van der Waals surface area contributed by atoms with Crippen LogP contribution in [0.25, 0.3) is 0 Å². The number of methoxy groups -OCH3 is 1. The lowest BCUT2D eigenvalue weighted by Gasteiger charge is -2.17. The van der Waals surface area contributed by atoms with Gasteiger partial charge in [-0.1, -0.05) is 19.6 Å². The number of rotatable bonds is 2. The Morgan fingerprint density at radius 2 is 1.88 bits per heavy atom. The molecule has 1 heterocycles. The van der Waals surface area contributed by atoms with Crippen LogP contribution in [0.1, 0.15) is 10.4 Å². The summed E-state index contributed by atoms with van der Waals surface area (Å²) in [6.45, 7) is 5.64. The van der Waals surface area contributed by atoms with E-state index in [2.05, 4.69) is 9.72 Å². The third-order valence-electron chi connectivity index (χ3n) is 2.14. The van der Waals surface area contributed by atoms with Crippen LogP contribution < -0.4 is 5.19 Å². The zero-order valence-corrected chi connectivity index (χ0v) is 10.6. The van der Waals surface area contributed by atoms with Crippen molar-refractivity contribution in [2.45, 2.75) is 19.6 Å². The first-order chi connectivity index (χ1) is 7.27. The Morgan fingerprint density at radius 1 is 1.31 bits per heavy atom. The van der Waals surface area contributed by atoms with E-state index in [9.17, 15) is 13.6 Å². The molecule has 0 bridgehead atoms. The quantitative estimate of drug-likeness (QED) is 0.452. The lowest BCUT2D eigenvalue weighted by atomic mass is 10.3. The number of ether oxygens (including phenoxy) is 1. The largest absolute Gasteiger partial charge is 0.465 e. The molecule has 0 spiro atoms. The smallest absolute Gasteiger partial charge is 0.342 e. The van der Waals surface area contributed by atoms with Gasteiger partial charge in [0.25, 0.3) is 0 Å². The zero-order chi connectivity index (χ0) is 12.5. The number of hydrogen-bond acceptors (Lipinski definition) is 3. The van der Waals surface area contributed by atoms with Crippen LogP contribution >= 0.6 is 0 Å². The second-order valence-corrected chi connectivity index (χ2v) is 9.45. The summed E-state index contributed by atoms with van der Waals surface area (Å²) in [5.74, 6) is -2.82. The molecule has 0 aliphatic heterocycles. The van der Waals surface area contributed by atoms with Gasteiger partial charge >= 0.3 is 5.97 Å². The molecular formula is C10H13F2NO2Si. The van der Waals surface area contributed by atoms with Crippen molar-refractivity contribution in [1.82, 2.24) is 4.98 Å². The lowest BCUT2D eigenvalue weighted by molar-refractivity contribution is 0.0594. The van der Waals surface area contributed by atoms with Gasteiger partial charge < -0.3 is 4.74 Å². The maximum Gasteiger partial charge on any atom is 0.342 e. The van der Waals surface area contributed by atoms with Gasteiger partial charge in [-0.15, -0.1) is 0 Å². The third-order valence-corrected chi connectivity index (χ3v) is 4.11. The number of esters is 1. The molecule has 6 heteroatoms. The zero-order valence-electron chi connectivity index (χ0n) is 9.60. The van der Waals surface area contributed by atoms with Gasteiger partial charge in [-0.05, 0) is 11.3 Å². The van der Waals surface area contributed by atoms with Gasteiger partial charge in [0, 0.05) is 0 Å². The SMILES string of the molecule is COC(=O)c1cc([Si](C)(C)C)c(F)nc1F. The van der Waals surface area contributed by atoms with Gasteiger partial charge in [0.1, 0.15) is 5.56 Å². The molecule has 16 heavy (non-hydrogen) atoms. The highest BCUT2D eigenvalue weighted by Gasteiger charge is 2.26. The summed E-state index contributed by atoms with van der Waals surface area (Å²) in [4.78, 5) is 14.3. The second kappa shape index (κ2) is 4.29. The van der Waals surface area contributed by atoms with E-state index in [0.29, 0.717) is 5.19 Å². The molecule has 0 amide bonds. The molecule has 0 atom stereocenters. The van der Waals surface area contributed by atoms with E-state index in [4.69, 9.17) is 0 Å². The number of carbonyl (C=O) groups excluding carboxylic acids is 1. The second-order valence-electron chi connectivity index (χ2n) is 4.41. The maximum atomic E-state index is 13.4. The van der Waals surface area contributed by atoms with E-state index in [1.54, 1.807) is 0 Å². The van der Waals surface area contributed by atoms with E-state index < -0.39 is 25.9 Å². The van der Waals surface area contributed by atoms with Crippen LogP contribution in [0.15, 0.2) is 6.07 Å². The Labute approximate surface area is 93.5 Å². The first-order valence-electron chi connectivity index (χ1n) is 4.72. The van der Waals surface area contributed by atoms with Gasteiger partial charge in [-0.25, -0.2) is 4.79 Å². The monoisotopic (exact) mass is 245 g/mol. The predicted octanol–water partition coefficient (Wildman–Crippen LogP) is 1.69. The first kappa shape index (κ1) is 12.8. The molecular weight excluding hydrogens is 232 g/mol. The molecule has 0 aromatic carbocycles. The summed E-state index contributed by atoms with van der Waals surface area (Å²) in [5, 5.41) is 0.314. The summed E-state index contributed by atoms with van der Waals surface area (Å²) in [6, 6.07) is 1.20. The number of aromatic nitrogens is 1. The maximum absolute atomic E-state index is 13.4. The molecule has 1 aromatic rings. The standard InChI is InChI=1S/C10H13F2NO2Si/c1-15-10(14)6-5-7(16(2,3)4)9(12)13-8(6)11/h5H,1-4H3. The first-order valence-corrected chi connectivity index (χ1v) is 8.22. The fourth-order valence-corrected chi connectivity index (χ4v) is 2.50. The van der Waals surface area contributed by atoms with Crippen LogP contribution in [0.5, 0.6) is 0 Å². The molecule has 0 fully saturated rings. The van der Waals surface area contributed by atoms with E-state index in [0.717, 1.165) is 7.11 Å². The molecule has 0 saturated carbocycles. The molecule has 1 rings (SSSR count). The normalized spacial score (nSPS) is 11.4. The van der Waals surface area contributed by atoms with Gasteiger partial charge in [0.2, 0.25) is 11.9 Å². The highest BCUT2D eigenvalue weighted by atomic mass is 28.3. The highest BCUT2D eigenvalue weighted by molar-refractivity contribution is 6.88. The van der Waals surface area contributed by atoms with Crippen LogP contribution in [-0.2, 0) is 4.74 Å². The van der Waals surface area contributed by atoms with E-state index in [-0.39, 0.29) is 5.56 Å². The number of pyridine rings is 1. The molecule has 0 aliphatic rings. The van der Waals surface area contributed by atoms with Crippen molar-refractivity contribution < 1.29 is 18.3 Å². The van der Waals surface area contributed by atoms with E-state index >= 15 is 0 Å². The third kappa shape index (κ3) is 2.44. The summed E-state index contributed by atoms with van der Waals surface area (Å²) < 4.78 is 31.0. The molecule has 1 aromatic heterocycles. The van der Waals surface area contributed by atoms with Crippen molar-refractivity contribution >= 4 is 19.2 Å². The number of carbonyl (C=O) groups is 1. The van der Waals surface area contributed by atoms with Crippen molar-refractivity contribution in [3.05, 3.63) is 23.5 Å². The topological polar surface area (TPSA) is 39.2 Å². The van der Waals surface area contributed by atoms with Gasteiger partial charge in [0.05, 0.1) is 15.2 Å². The Bertz CT molecular complexity index is 430. The molecule has 88 valence electrons. The Hall–Kier alpha value is -1.30. The average molecular weight is 245 g/mol. The Kier molecular flexibility index (Phi) is 3.42. The van der Waals surface area contributed by atoms with Crippen LogP contribution in [0.4, 0.5) is 8.78 Å².